The molecule has 0 radical (unpaired) electrons. The summed E-state index contributed by atoms with van der Waals surface area (Å²) in [6, 6.07) is 7.20. The first-order chi connectivity index (χ1) is 11.2. The molecule has 1 aromatic carbocycles. The Bertz CT molecular complexity index is 571. The van der Waals surface area contributed by atoms with Crippen LogP contribution in [0.15, 0.2) is 24.3 Å². The monoisotopic (exact) mass is 352 g/mol. The molecule has 0 atom stereocenters. The van der Waals surface area contributed by atoms with Crippen LogP contribution in [0.3, 0.4) is 0 Å². The van der Waals surface area contributed by atoms with E-state index >= 15 is 0 Å². The third-order valence-corrected chi connectivity index (χ3v) is 4.25. The van der Waals surface area contributed by atoms with Gasteiger partial charge in [-0.05, 0) is 50.3 Å². The molecule has 2 aliphatic rings. The Balaban J connectivity index is 0.00000208. The molecule has 3 rings (SSSR count). The summed E-state index contributed by atoms with van der Waals surface area (Å²) in [5, 5.41) is 8.92. The Morgan fingerprint density at radius 3 is 2.29 bits per heavy atom. The summed E-state index contributed by atoms with van der Waals surface area (Å²) in [4.78, 5) is 26.0. The summed E-state index contributed by atoms with van der Waals surface area (Å²) in [6.45, 7) is 2.79. The molecule has 132 valence electrons. The minimum atomic E-state index is -0.101. The predicted molar refractivity (Wildman–Crippen MR) is 97.7 cm³/mol. The lowest BCUT2D eigenvalue weighted by atomic mass is 10.2. The zero-order valence-electron chi connectivity index (χ0n) is 13.7. The number of hydrogen-bond donors (Lipinski definition) is 3. The Kier molecular flexibility index (Phi) is 6.87. The van der Waals surface area contributed by atoms with E-state index in [4.69, 9.17) is 0 Å². The molecule has 7 heteroatoms. The molecule has 24 heavy (non-hydrogen) atoms. The number of nitrogens with zero attached hydrogens (tertiary/aromatic N) is 1. The second kappa shape index (κ2) is 8.89. The molecule has 1 aliphatic heterocycles. The highest BCUT2D eigenvalue weighted by molar-refractivity contribution is 5.99. The third kappa shape index (κ3) is 5.39. The second-order valence-electron chi connectivity index (χ2n) is 6.29. The zero-order chi connectivity index (χ0) is 16.1. The van der Waals surface area contributed by atoms with E-state index in [9.17, 15) is 9.59 Å². The van der Waals surface area contributed by atoms with Crippen LogP contribution in [0, 0.1) is 5.92 Å². The first-order valence-corrected chi connectivity index (χ1v) is 8.38. The SMILES string of the molecule is Cl.O=C(CNCC1CC1)Nc1ccccc1NC(=O)N1CCCC1. The fourth-order valence-corrected chi connectivity index (χ4v) is 2.72. The average molecular weight is 353 g/mol. The third-order valence-electron chi connectivity index (χ3n) is 4.25. The van der Waals surface area contributed by atoms with E-state index in [1.54, 1.807) is 17.0 Å². The van der Waals surface area contributed by atoms with Crippen molar-refractivity contribution in [2.24, 2.45) is 5.92 Å². The molecule has 0 aromatic heterocycles. The van der Waals surface area contributed by atoms with E-state index in [0.29, 0.717) is 17.9 Å². The normalized spacial score (nSPS) is 16.4. The lowest BCUT2D eigenvalue weighted by Crippen LogP contribution is -2.33. The Morgan fingerprint density at radius 1 is 1.04 bits per heavy atom. The summed E-state index contributed by atoms with van der Waals surface area (Å²) in [5.41, 5.74) is 1.28. The quantitative estimate of drug-likeness (QED) is 0.737. The molecule has 0 bridgehead atoms. The topological polar surface area (TPSA) is 73.5 Å². The molecule has 0 unspecified atom stereocenters. The van der Waals surface area contributed by atoms with Crippen LogP contribution in [0.2, 0.25) is 0 Å². The maximum atomic E-state index is 12.2. The maximum Gasteiger partial charge on any atom is 0.321 e. The number of para-hydroxylation sites is 2. The van der Waals surface area contributed by atoms with Gasteiger partial charge in [-0.15, -0.1) is 12.4 Å². The molecule has 0 spiro atoms. The molecular weight excluding hydrogens is 328 g/mol. The average Bonchev–Trinajstić information content (AvgIpc) is 3.19. The molecule has 2 fully saturated rings. The fourth-order valence-electron chi connectivity index (χ4n) is 2.72. The molecule has 1 aliphatic carbocycles. The van der Waals surface area contributed by atoms with Crippen molar-refractivity contribution in [3.05, 3.63) is 24.3 Å². The van der Waals surface area contributed by atoms with E-state index in [-0.39, 0.29) is 24.3 Å². The minimum absolute atomic E-state index is 0. The number of carbonyl (C=O) groups is 2. The van der Waals surface area contributed by atoms with Crippen LogP contribution >= 0.6 is 12.4 Å². The number of anilines is 2. The van der Waals surface area contributed by atoms with Gasteiger partial charge >= 0.3 is 6.03 Å². The van der Waals surface area contributed by atoms with Gasteiger partial charge in [-0.3, -0.25) is 4.79 Å². The first kappa shape index (κ1) is 18.5. The molecule has 1 saturated heterocycles. The molecule has 1 saturated carbocycles. The van der Waals surface area contributed by atoms with Gasteiger partial charge in [0.05, 0.1) is 17.9 Å². The molecule has 6 nitrogen and oxygen atoms in total. The highest BCUT2D eigenvalue weighted by atomic mass is 35.5. The van der Waals surface area contributed by atoms with Gasteiger partial charge in [0, 0.05) is 13.1 Å². The molecule has 1 aromatic rings. The largest absolute Gasteiger partial charge is 0.325 e. The van der Waals surface area contributed by atoms with Crippen molar-refractivity contribution in [2.45, 2.75) is 25.7 Å². The van der Waals surface area contributed by atoms with Crippen molar-refractivity contribution in [2.75, 3.05) is 36.8 Å². The van der Waals surface area contributed by atoms with E-state index in [0.717, 1.165) is 38.4 Å². The van der Waals surface area contributed by atoms with E-state index in [1.807, 2.05) is 12.1 Å². The van der Waals surface area contributed by atoms with Crippen LogP contribution in [-0.2, 0) is 4.79 Å². The van der Waals surface area contributed by atoms with Crippen LogP contribution in [0.5, 0.6) is 0 Å². The highest BCUT2D eigenvalue weighted by Gasteiger charge is 2.21. The minimum Gasteiger partial charge on any atom is -0.325 e. The summed E-state index contributed by atoms with van der Waals surface area (Å²) < 4.78 is 0. The standard InChI is InChI=1S/C17H24N4O2.ClH/c22-16(12-18-11-13-7-8-13)19-14-5-1-2-6-15(14)20-17(23)21-9-3-4-10-21;/h1-2,5-6,13,18H,3-4,7-12H2,(H,19,22)(H,20,23);1H. The highest BCUT2D eigenvalue weighted by Crippen LogP contribution is 2.27. The predicted octanol–water partition coefficient (Wildman–Crippen LogP) is 2.67. The molecule has 1 heterocycles. The molecule has 3 N–H and O–H groups in total. The number of benzene rings is 1. The number of hydrogen-bond acceptors (Lipinski definition) is 3. The maximum absolute atomic E-state index is 12.2. The van der Waals surface area contributed by atoms with Gasteiger partial charge in [0.25, 0.3) is 0 Å². The Labute approximate surface area is 148 Å². The van der Waals surface area contributed by atoms with Gasteiger partial charge in [0.15, 0.2) is 0 Å². The number of carbonyl (C=O) groups excluding carboxylic acids is 2. The van der Waals surface area contributed by atoms with Crippen LogP contribution in [0.4, 0.5) is 16.2 Å². The number of halogens is 1. The van der Waals surface area contributed by atoms with Gasteiger partial charge in [-0.1, -0.05) is 12.1 Å². The fraction of sp³-hybridized carbons (Fsp3) is 0.529. The van der Waals surface area contributed by atoms with E-state index in [2.05, 4.69) is 16.0 Å². The lowest BCUT2D eigenvalue weighted by Gasteiger charge is -2.18. The van der Waals surface area contributed by atoms with Crippen molar-refractivity contribution in [1.82, 2.24) is 10.2 Å². The van der Waals surface area contributed by atoms with Gasteiger partial charge in [-0.2, -0.15) is 0 Å². The van der Waals surface area contributed by atoms with Crippen LogP contribution in [0.25, 0.3) is 0 Å². The summed E-state index contributed by atoms with van der Waals surface area (Å²) in [5.74, 6) is 0.656. The van der Waals surface area contributed by atoms with E-state index < -0.39 is 0 Å². The van der Waals surface area contributed by atoms with Crippen molar-refractivity contribution in [3.63, 3.8) is 0 Å². The Morgan fingerprint density at radius 2 is 1.67 bits per heavy atom. The molecular formula is C17H25ClN4O2. The van der Waals surface area contributed by atoms with Crippen molar-refractivity contribution in [3.8, 4) is 0 Å². The lowest BCUT2D eigenvalue weighted by molar-refractivity contribution is -0.115. The van der Waals surface area contributed by atoms with Crippen molar-refractivity contribution >= 4 is 35.7 Å². The Hall–Kier alpha value is -1.79. The van der Waals surface area contributed by atoms with E-state index in [1.165, 1.54) is 12.8 Å². The second-order valence-corrected chi connectivity index (χ2v) is 6.29. The smallest absolute Gasteiger partial charge is 0.321 e. The van der Waals surface area contributed by atoms with Gasteiger partial charge in [0.2, 0.25) is 5.91 Å². The van der Waals surface area contributed by atoms with Gasteiger partial charge in [0.1, 0.15) is 0 Å². The van der Waals surface area contributed by atoms with Crippen LogP contribution in [-0.4, -0.2) is 43.0 Å². The number of nitrogens with one attached hydrogen (secondary N) is 3. The van der Waals surface area contributed by atoms with Crippen LogP contribution in [0.1, 0.15) is 25.7 Å². The van der Waals surface area contributed by atoms with Crippen molar-refractivity contribution in [1.29, 1.82) is 0 Å². The summed E-state index contributed by atoms with van der Waals surface area (Å²) >= 11 is 0. The summed E-state index contributed by atoms with van der Waals surface area (Å²) in [6.07, 6.45) is 4.64. The van der Waals surface area contributed by atoms with Crippen LogP contribution < -0.4 is 16.0 Å². The number of rotatable bonds is 6. The molecule has 3 amide bonds. The van der Waals surface area contributed by atoms with Crippen molar-refractivity contribution < 1.29 is 9.59 Å². The summed E-state index contributed by atoms with van der Waals surface area (Å²) in [7, 11) is 0. The van der Waals surface area contributed by atoms with Gasteiger partial charge in [-0.25, -0.2) is 4.79 Å². The number of amides is 3. The number of urea groups is 1. The first-order valence-electron chi connectivity index (χ1n) is 8.38. The zero-order valence-corrected chi connectivity index (χ0v) is 14.5. The van der Waals surface area contributed by atoms with Gasteiger partial charge < -0.3 is 20.9 Å². The number of likely N-dealkylation sites (tertiary alicyclic amines) is 1.